The minimum atomic E-state index is -1.15. The van der Waals surface area contributed by atoms with Crippen molar-refractivity contribution in [3.63, 3.8) is 0 Å². The number of amides is 1. The van der Waals surface area contributed by atoms with Gasteiger partial charge in [-0.1, -0.05) is 42.0 Å². The number of benzene rings is 4. The summed E-state index contributed by atoms with van der Waals surface area (Å²) in [6.07, 6.45) is 0.675. The first-order valence-electron chi connectivity index (χ1n) is 12.1. The van der Waals surface area contributed by atoms with Crippen LogP contribution in [0.25, 0.3) is 0 Å². The van der Waals surface area contributed by atoms with E-state index in [1.807, 2.05) is 36.4 Å². The molecule has 200 valence electrons. The normalized spacial score (nSPS) is 10.7. The van der Waals surface area contributed by atoms with Crippen molar-refractivity contribution in [1.29, 1.82) is 0 Å². The highest BCUT2D eigenvalue weighted by atomic mass is 17.1. The molecule has 5 N–H and O–H groups in total. The number of phenols is 1. The zero-order valence-electron chi connectivity index (χ0n) is 21.2. The van der Waals surface area contributed by atoms with E-state index in [4.69, 9.17) is 10.1 Å². The van der Waals surface area contributed by atoms with Crippen LogP contribution in [0.2, 0.25) is 0 Å². The van der Waals surface area contributed by atoms with Crippen molar-refractivity contribution in [3.05, 3.63) is 124 Å². The number of aryl methyl sites for hydroxylation is 1. The summed E-state index contributed by atoms with van der Waals surface area (Å²) in [5.74, 6) is -1.55. The van der Waals surface area contributed by atoms with Crippen LogP contribution < -0.4 is 10.8 Å². The summed E-state index contributed by atoms with van der Waals surface area (Å²) in [7, 11) is 0. The molecule has 4 aromatic rings. The topological polar surface area (TPSA) is 137 Å². The van der Waals surface area contributed by atoms with Gasteiger partial charge in [0.25, 0.3) is 5.91 Å². The zero-order valence-corrected chi connectivity index (χ0v) is 21.2. The number of aromatic carboxylic acids is 1. The lowest BCUT2D eigenvalue weighted by molar-refractivity contribution is -0.253. The fraction of sp³-hybridized carbons (Fsp3) is 0.133. The van der Waals surface area contributed by atoms with E-state index in [0.29, 0.717) is 17.7 Å². The lowest BCUT2D eigenvalue weighted by Gasteiger charge is -2.11. The molecule has 0 heterocycles. The quantitative estimate of drug-likeness (QED) is 0.122. The second-order valence-electron chi connectivity index (χ2n) is 9.00. The van der Waals surface area contributed by atoms with Crippen molar-refractivity contribution in [2.24, 2.45) is 0 Å². The summed E-state index contributed by atoms with van der Waals surface area (Å²) < 4.78 is 0. The number of nitrogens with one attached hydrogen (secondary N) is 2. The van der Waals surface area contributed by atoms with Crippen molar-refractivity contribution in [2.75, 3.05) is 10.8 Å². The number of rotatable bonds is 11. The predicted molar refractivity (Wildman–Crippen MR) is 146 cm³/mol. The van der Waals surface area contributed by atoms with Crippen LogP contribution in [0, 0.1) is 6.92 Å². The molecular formula is C30H28N2O7. The molecule has 0 saturated heterocycles. The second kappa shape index (κ2) is 12.7. The summed E-state index contributed by atoms with van der Waals surface area (Å²) in [6, 6.07) is 24.5. The van der Waals surface area contributed by atoms with Crippen LogP contribution in [0.5, 0.6) is 5.75 Å². The van der Waals surface area contributed by atoms with E-state index in [-0.39, 0.29) is 30.1 Å². The van der Waals surface area contributed by atoms with Gasteiger partial charge in [-0.2, -0.15) is 0 Å². The number of hydrogen-bond donors (Lipinski definition) is 5. The minimum absolute atomic E-state index is 0.0422. The van der Waals surface area contributed by atoms with Gasteiger partial charge in [0.1, 0.15) is 12.4 Å². The Morgan fingerprint density at radius 2 is 1.44 bits per heavy atom. The maximum absolute atomic E-state index is 12.7. The van der Waals surface area contributed by atoms with Crippen LogP contribution in [0.15, 0.2) is 84.9 Å². The molecule has 9 nitrogen and oxygen atoms in total. The lowest BCUT2D eigenvalue weighted by Crippen LogP contribution is -2.16. The average Bonchev–Trinajstić information content (AvgIpc) is 2.92. The number of anilines is 2. The molecule has 1 amide bonds. The van der Waals surface area contributed by atoms with Crippen LogP contribution in [0.3, 0.4) is 0 Å². The Balaban J connectivity index is 1.31. The number of aromatic hydroxyl groups is 1. The van der Waals surface area contributed by atoms with Crippen LogP contribution >= 0.6 is 0 Å². The smallest absolute Gasteiger partial charge is 0.336 e. The number of phenolic OH excluding ortho intramolecular Hbond substituents is 1. The molecule has 0 aromatic heterocycles. The van der Waals surface area contributed by atoms with Gasteiger partial charge in [-0.3, -0.25) is 20.4 Å². The first-order valence-corrected chi connectivity index (χ1v) is 12.1. The van der Waals surface area contributed by atoms with E-state index in [1.54, 1.807) is 37.3 Å². The van der Waals surface area contributed by atoms with Gasteiger partial charge in [0.05, 0.1) is 23.4 Å². The Morgan fingerprint density at radius 3 is 2.08 bits per heavy atom. The Morgan fingerprint density at radius 1 is 0.769 bits per heavy atom. The van der Waals surface area contributed by atoms with E-state index >= 15 is 0 Å². The maximum Gasteiger partial charge on any atom is 0.336 e. The summed E-state index contributed by atoms with van der Waals surface area (Å²) in [5, 5.41) is 30.5. The van der Waals surface area contributed by atoms with Crippen LogP contribution in [0.1, 0.15) is 48.5 Å². The SMILES string of the molecule is Cc1ccc(C(=O)O)c(C(=O)Nc2ccc(Cc3ccc(NOCc4ccc(O)cc4COO)cc3)cc2)c1. The van der Waals surface area contributed by atoms with E-state index < -0.39 is 11.9 Å². The van der Waals surface area contributed by atoms with Gasteiger partial charge in [-0.25, -0.2) is 9.68 Å². The van der Waals surface area contributed by atoms with Crippen LogP contribution in [-0.2, 0) is 29.4 Å². The maximum atomic E-state index is 12.7. The number of carboxylic acids is 1. The van der Waals surface area contributed by atoms with Gasteiger partial charge < -0.3 is 15.5 Å². The fourth-order valence-corrected chi connectivity index (χ4v) is 4.02. The van der Waals surface area contributed by atoms with Gasteiger partial charge in [0.2, 0.25) is 0 Å². The molecule has 0 saturated carbocycles. The number of carbonyl (C=O) groups excluding carboxylic acids is 1. The lowest BCUT2D eigenvalue weighted by atomic mass is 10.0. The summed E-state index contributed by atoms with van der Waals surface area (Å²) in [6.45, 7) is 1.94. The molecule has 0 aliphatic rings. The summed E-state index contributed by atoms with van der Waals surface area (Å²) in [5.41, 5.74) is 8.56. The second-order valence-corrected chi connectivity index (χ2v) is 9.00. The molecule has 4 aromatic carbocycles. The third-order valence-corrected chi connectivity index (χ3v) is 6.05. The number of hydrogen-bond acceptors (Lipinski definition) is 7. The number of carbonyl (C=O) groups is 2. The minimum Gasteiger partial charge on any atom is -0.508 e. The Labute approximate surface area is 225 Å². The van der Waals surface area contributed by atoms with Crippen molar-refractivity contribution in [3.8, 4) is 5.75 Å². The van der Waals surface area contributed by atoms with Gasteiger partial charge >= 0.3 is 5.97 Å². The van der Waals surface area contributed by atoms with Crippen LogP contribution in [-0.4, -0.2) is 27.3 Å². The Bertz CT molecular complexity index is 1450. The Kier molecular flexibility index (Phi) is 8.90. The van der Waals surface area contributed by atoms with Crippen molar-refractivity contribution in [1.82, 2.24) is 0 Å². The summed E-state index contributed by atoms with van der Waals surface area (Å²) in [4.78, 5) is 33.9. The number of carboxylic acid groups (broad SMARTS) is 1. The van der Waals surface area contributed by atoms with E-state index in [0.717, 1.165) is 27.9 Å². The fourth-order valence-electron chi connectivity index (χ4n) is 4.02. The predicted octanol–water partition coefficient (Wildman–Crippen LogP) is 5.78. The zero-order chi connectivity index (χ0) is 27.8. The van der Waals surface area contributed by atoms with Gasteiger partial charge in [0, 0.05) is 5.69 Å². The molecule has 0 fully saturated rings. The Hall–Kier alpha value is -4.70. The van der Waals surface area contributed by atoms with Crippen molar-refractivity contribution >= 4 is 23.3 Å². The first-order chi connectivity index (χ1) is 18.8. The molecule has 9 heteroatoms. The van der Waals surface area contributed by atoms with Crippen molar-refractivity contribution < 1.29 is 34.8 Å². The van der Waals surface area contributed by atoms with E-state index in [9.17, 15) is 19.8 Å². The highest BCUT2D eigenvalue weighted by Gasteiger charge is 2.17. The van der Waals surface area contributed by atoms with Gasteiger partial charge in [0.15, 0.2) is 0 Å². The van der Waals surface area contributed by atoms with Crippen LogP contribution in [0.4, 0.5) is 11.4 Å². The molecule has 0 spiro atoms. The molecule has 0 atom stereocenters. The molecule has 4 rings (SSSR count). The molecule has 0 radical (unpaired) electrons. The molecule has 39 heavy (non-hydrogen) atoms. The molecule has 0 aliphatic carbocycles. The summed E-state index contributed by atoms with van der Waals surface area (Å²) >= 11 is 0. The van der Waals surface area contributed by atoms with Gasteiger partial charge in [-0.05, 0) is 84.1 Å². The largest absolute Gasteiger partial charge is 0.508 e. The third-order valence-electron chi connectivity index (χ3n) is 6.05. The highest BCUT2D eigenvalue weighted by molar-refractivity contribution is 6.10. The van der Waals surface area contributed by atoms with Gasteiger partial charge in [-0.15, -0.1) is 0 Å². The standard InChI is InChI=1S/C30H28N2O7/c1-19-2-13-27(30(35)36)28(14-19)29(34)31-24-8-3-20(4-9-24)15-21-5-10-25(11-6-21)32-38-17-22-7-12-26(33)16-23(22)18-39-37/h2-14,16,32-33,37H,15,17-18H2,1H3,(H,31,34)(H,35,36). The molecule has 0 unspecified atom stereocenters. The van der Waals surface area contributed by atoms with E-state index in [1.165, 1.54) is 18.2 Å². The van der Waals surface area contributed by atoms with Crippen molar-refractivity contribution in [2.45, 2.75) is 26.6 Å². The third kappa shape index (κ3) is 7.42. The van der Waals surface area contributed by atoms with E-state index in [2.05, 4.69) is 15.7 Å². The molecular weight excluding hydrogens is 500 g/mol. The highest BCUT2D eigenvalue weighted by Crippen LogP contribution is 2.20. The average molecular weight is 529 g/mol. The monoisotopic (exact) mass is 528 g/mol. The molecule has 0 bridgehead atoms. The first kappa shape index (κ1) is 27.3. The molecule has 0 aliphatic heterocycles.